The summed E-state index contributed by atoms with van der Waals surface area (Å²) >= 11 is 0. The summed E-state index contributed by atoms with van der Waals surface area (Å²) in [6.45, 7) is 2.69. The quantitative estimate of drug-likeness (QED) is 0.423. The van der Waals surface area contributed by atoms with Crippen molar-refractivity contribution in [2.75, 3.05) is 5.32 Å². The van der Waals surface area contributed by atoms with Crippen LogP contribution in [0.5, 0.6) is 0 Å². The number of nitrogens with zero attached hydrogens (tertiary/aromatic N) is 2. The summed E-state index contributed by atoms with van der Waals surface area (Å²) in [7, 11) is 0. The van der Waals surface area contributed by atoms with Gasteiger partial charge in [-0.25, -0.2) is 4.98 Å². The van der Waals surface area contributed by atoms with Crippen molar-refractivity contribution in [2.45, 2.75) is 32.4 Å². The Labute approximate surface area is 164 Å². The van der Waals surface area contributed by atoms with Crippen LogP contribution in [0.1, 0.15) is 37.1 Å². The van der Waals surface area contributed by atoms with Gasteiger partial charge in [0.05, 0.1) is 18.3 Å². The molecular formula is C23H24N4O. The Hall–Kier alpha value is -3.18. The number of fused-ring (bicyclic) bond motifs is 1. The Morgan fingerprint density at radius 3 is 2.71 bits per heavy atom. The number of H-pyrrole nitrogens is 1. The first-order chi connectivity index (χ1) is 13.7. The largest absolute Gasteiger partial charge is 0.388 e. The van der Waals surface area contributed by atoms with Crippen LogP contribution in [0.4, 0.5) is 5.82 Å². The van der Waals surface area contributed by atoms with E-state index in [1.807, 2.05) is 42.6 Å². The summed E-state index contributed by atoms with van der Waals surface area (Å²) in [6.07, 6.45) is 5.03. The van der Waals surface area contributed by atoms with Crippen LogP contribution >= 0.6 is 0 Å². The number of hydrogen-bond acceptors (Lipinski definition) is 4. The van der Waals surface area contributed by atoms with E-state index in [2.05, 4.69) is 45.4 Å². The van der Waals surface area contributed by atoms with Crippen LogP contribution in [0.2, 0.25) is 0 Å². The Bertz CT molecular complexity index is 1040. The molecule has 0 fully saturated rings. The van der Waals surface area contributed by atoms with Gasteiger partial charge in [0, 0.05) is 17.8 Å². The van der Waals surface area contributed by atoms with Gasteiger partial charge in [0.15, 0.2) is 0 Å². The maximum absolute atomic E-state index is 10.2. The maximum Gasteiger partial charge on any atom is 0.140 e. The molecular weight excluding hydrogens is 348 g/mol. The van der Waals surface area contributed by atoms with E-state index in [-0.39, 0.29) is 0 Å². The van der Waals surface area contributed by atoms with Crippen LogP contribution in [0.25, 0.3) is 22.2 Å². The Morgan fingerprint density at radius 2 is 1.96 bits per heavy atom. The van der Waals surface area contributed by atoms with E-state index < -0.39 is 6.10 Å². The number of aliphatic hydroxyl groups excluding tert-OH is 1. The molecule has 3 heterocycles. The normalized spacial score (nSPS) is 12.2. The highest BCUT2D eigenvalue weighted by molar-refractivity contribution is 5.94. The van der Waals surface area contributed by atoms with Crippen molar-refractivity contribution >= 4 is 16.9 Å². The second-order valence-electron chi connectivity index (χ2n) is 6.90. The summed E-state index contributed by atoms with van der Waals surface area (Å²) in [5.74, 6) is 0.797. The van der Waals surface area contributed by atoms with Gasteiger partial charge in [-0.1, -0.05) is 43.7 Å². The molecule has 0 bridgehead atoms. The number of rotatable bonds is 7. The molecule has 0 saturated heterocycles. The van der Waals surface area contributed by atoms with Gasteiger partial charge in [-0.3, -0.25) is 4.98 Å². The van der Waals surface area contributed by atoms with Crippen molar-refractivity contribution in [1.82, 2.24) is 15.0 Å². The summed E-state index contributed by atoms with van der Waals surface area (Å²) in [5, 5.41) is 14.7. The Balaban J connectivity index is 1.63. The predicted octanol–water partition coefficient (Wildman–Crippen LogP) is 5.07. The third-order valence-corrected chi connectivity index (χ3v) is 4.87. The van der Waals surface area contributed by atoms with Gasteiger partial charge in [-0.15, -0.1) is 0 Å². The van der Waals surface area contributed by atoms with E-state index in [4.69, 9.17) is 0 Å². The summed E-state index contributed by atoms with van der Waals surface area (Å²) in [6, 6.07) is 18.1. The molecule has 0 aliphatic carbocycles. The minimum absolute atomic E-state index is 0.403. The van der Waals surface area contributed by atoms with Gasteiger partial charge >= 0.3 is 0 Å². The number of aromatic nitrogens is 3. The fourth-order valence-electron chi connectivity index (χ4n) is 3.38. The second-order valence-corrected chi connectivity index (χ2v) is 6.90. The lowest BCUT2D eigenvalue weighted by molar-refractivity contribution is 0.166. The van der Waals surface area contributed by atoms with E-state index in [0.29, 0.717) is 6.54 Å². The van der Waals surface area contributed by atoms with Crippen LogP contribution in [0.15, 0.2) is 67.0 Å². The highest BCUT2D eigenvalue weighted by Crippen LogP contribution is 2.31. The lowest BCUT2D eigenvalue weighted by atomic mass is 9.99. The van der Waals surface area contributed by atoms with Crippen molar-refractivity contribution in [1.29, 1.82) is 0 Å². The first-order valence-electron chi connectivity index (χ1n) is 9.65. The first kappa shape index (κ1) is 18.2. The summed E-state index contributed by atoms with van der Waals surface area (Å²) in [4.78, 5) is 12.2. The molecule has 4 rings (SSSR count). The van der Waals surface area contributed by atoms with Crippen molar-refractivity contribution < 1.29 is 5.11 Å². The molecule has 4 aromatic rings. The van der Waals surface area contributed by atoms with E-state index in [1.165, 1.54) is 0 Å². The number of anilines is 1. The number of pyridine rings is 2. The van der Waals surface area contributed by atoms with E-state index in [9.17, 15) is 5.11 Å². The molecule has 142 valence electrons. The summed E-state index contributed by atoms with van der Waals surface area (Å²) < 4.78 is 0. The van der Waals surface area contributed by atoms with Gasteiger partial charge in [-0.05, 0) is 47.4 Å². The van der Waals surface area contributed by atoms with Gasteiger partial charge in [0.1, 0.15) is 11.5 Å². The molecule has 5 nitrogen and oxygen atoms in total. The van der Waals surface area contributed by atoms with Crippen molar-refractivity contribution in [2.24, 2.45) is 0 Å². The number of hydrogen-bond donors (Lipinski definition) is 3. The van der Waals surface area contributed by atoms with Gasteiger partial charge in [-0.2, -0.15) is 0 Å². The third-order valence-electron chi connectivity index (χ3n) is 4.87. The fourth-order valence-corrected chi connectivity index (χ4v) is 3.38. The molecule has 0 aliphatic rings. The molecule has 0 amide bonds. The number of benzene rings is 1. The number of aliphatic hydroxyl groups is 1. The third kappa shape index (κ3) is 3.89. The van der Waals surface area contributed by atoms with Crippen LogP contribution in [-0.2, 0) is 6.54 Å². The highest BCUT2D eigenvalue weighted by atomic mass is 16.3. The number of aromatic amines is 1. The SMILES string of the molecule is CCCC(O)c1ccc(-c2cc(NCc3ccccn3)nc3[nH]ccc23)cc1. The molecule has 1 aromatic carbocycles. The molecule has 0 radical (unpaired) electrons. The fraction of sp³-hybridized carbons (Fsp3) is 0.217. The van der Waals surface area contributed by atoms with Crippen LogP contribution in [0, 0.1) is 0 Å². The Kier molecular flexibility index (Phi) is 5.35. The van der Waals surface area contributed by atoms with Gasteiger partial charge in [0.25, 0.3) is 0 Å². The molecule has 1 unspecified atom stereocenters. The molecule has 1 atom stereocenters. The molecule has 28 heavy (non-hydrogen) atoms. The van der Waals surface area contributed by atoms with E-state index >= 15 is 0 Å². The molecule has 3 N–H and O–H groups in total. The van der Waals surface area contributed by atoms with Crippen molar-refractivity contribution in [3.8, 4) is 11.1 Å². The second kappa shape index (κ2) is 8.23. The van der Waals surface area contributed by atoms with E-state index in [1.54, 1.807) is 6.20 Å². The van der Waals surface area contributed by atoms with Gasteiger partial charge < -0.3 is 15.4 Å². The molecule has 0 aliphatic heterocycles. The Morgan fingerprint density at radius 1 is 1.11 bits per heavy atom. The van der Waals surface area contributed by atoms with Crippen LogP contribution < -0.4 is 5.32 Å². The molecule has 3 aromatic heterocycles. The zero-order chi connectivity index (χ0) is 19.3. The minimum Gasteiger partial charge on any atom is -0.388 e. The molecule has 5 heteroatoms. The zero-order valence-electron chi connectivity index (χ0n) is 15.9. The first-order valence-corrected chi connectivity index (χ1v) is 9.65. The minimum atomic E-state index is -0.403. The monoisotopic (exact) mass is 372 g/mol. The smallest absolute Gasteiger partial charge is 0.140 e. The maximum atomic E-state index is 10.2. The lowest BCUT2D eigenvalue weighted by Gasteiger charge is -2.12. The zero-order valence-corrected chi connectivity index (χ0v) is 15.9. The van der Waals surface area contributed by atoms with E-state index in [0.717, 1.165) is 52.1 Å². The summed E-state index contributed by atoms with van der Waals surface area (Å²) in [5.41, 5.74) is 4.97. The topological polar surface area (TPSA) is 73.8 Å². The standard InChI is InChI=1S/C23H24N4O/c1-2-5-21(28)17-9-7-16(8-10-17)20-14-22(27-23-19(20)11-13-25-23)26-15-18-6-3-4-12-24-18/h3-4,6-14,21,28H,2,5,15H2,1H3,(H2,25,26,27). The van der Waals surface area contributed by atoms with Crippen molar-refractivity contribution in [3.63, 3.8) is 0 Å². The lowest BCUT2D eigenvalue weighted by Crippen LogP contribution is -2.03. The average Bonchev–Trinajstić information content (AvgIpc) is 3.21. The van der Waals surface area contributed by atoms with Crippen molar-refractivity contribution in [3.05, 3.63) is 78.2 Å². The predicted molar refractivity (Wildman–Crippen MR) is 113 cm³/mol. The molecule has 0 saturated carbocycles. The number of nitrogens with one attached hydrogen (secondary N) is 2. The van der Waals surface area contributed by atoms with Crippen LogP contribution in [-0.4, -0.2) is 20.1 Å². The van der Waals surface area contributed by atoms with Gasteiger partial charge in [0.2, 0.25) is 0 Å². The average molecular weight is 372 g/mol. The van der Waals surface area contributed by atoms with Crippen LogP contribution in [0.3, 0.4) is 0 Å². The molecule has 0 spiro atoms. The highest BCUT2D eigenvalue weighted by Gasteiger charge is 2.11.